The van der Waals surface area contributed by atoms with Gasteiger partial charge < -0.3 is 4.90 Å². The van der Waals surface area contributed by atoms with E-state index in [4.69, 9.17) is 0 Å². The van der Waals surface area contributed by atoms with Gasteiger partial charge in [-0.25, -0.2) is 4.39 Å². The Bertz CT molecular complexity index is 453. The van der Waals surface area contributed by atoms with Gasteiger partial charge in [-0.15, -0.1) is 0 Å². The lowest BCUT2D eigenvalue weighted by molar-refractivity contribution is -0.124. The molecule has 0 saturated carbocycles. The fourth-order valence-electron chi connectivity index (χ4n) is 1.85. The number of carbonyl (C=O) groups is 1. The largest absolute Gasteiger partial charge is 0.339 e. The van der Waals surface area contributed by atoms with Crippen LogP contribution in [-0.4, -0.2) is 23.9 Å². The molecule has 1 fully saturated rings. The van der Waals surface area contributed by atoms with Crippen LogP contribution in [0.2, 0.25) is 0 Å². The molecule has 2 nitrogen and oxygen atoms in total. The van der Waals surface area contributed by atoms with Gasteiger partial charge in [0.15, 0.2) is 0 Å². The van der Waals surface area contributed by atoms with Gasteiger partial charge in [-0.1, -0.05) is 15.9 Å². The first-order valence-electron chi connectivity index (χ1n) is 5.59. The predicted molar refractivity (Wildman–Crippen MR) is 68.9 cm³/mol. The Balaban J connectivity index is 2.08. The SMILES string of the molecule is O=C(/C=C/c1cc(F)ccc1Br)N1CCCC1. The van der Waals surface area contributed by atoms with Crippen molar-refractivity contribution in [2.24, 2.45) is 0 Å². The average molecular weight is 298 g/mol. The highest BCUT2D eigenvalue weighted by molar-refractivity contribution is 9.10. The molecule has 1 heterocycles. The molecule has 1 aromatic rings. The monoisotopic (exact) mass is 297 g/mol. The van der Waals surface area contributed by atoms with Crippen LogP contribution in [0.15, 0.2) is 28.7 Å². The van der Waals surface area contributed by atoms with Gasteiger partial charge in [0.25, 0.3) is 0 Å². The van der Waals surface area contributed by atoms with E-state index in [0.717, 1.165) is 30.4 Å². The fraction of sp³-hybridized carbons (Fsp3) is 0.308. The first-order chi connectivity index (χ1) is 8.16. The van der Waals surface area contributed by atoms with Gasteiger partial charge in [-0.2, -0.15) is 0 Å². The molecule has 0 N–H and O–H groups in total. The average Bonchev–Trinajstić information content (AvgIpc) is 2.83. The number of halogens is 2. The quantitative estimate of drug-likeness (QED) is 0.768. The number of nitrogens with zero attached hydrogens (tertiary/aromatic N) is 1. The smallest absolute Gasteiger partial charge is 0.246 e. The van der Waals surface area contributed by atoms with Crippen molar-refractivity contribution in [2.45, 2.75) is 12.8 Å². The molecule has 0 unspecified atom stereocenters. The molecule has 0 aromatic heterocycles. The maximum atomic E-state index is 13.0. The highest BCUT2D eigenvalue weighted by atomic mass is 79.9. The van der Waals surface area contributed by atoms with E-state index < -0.39 is 0 Å². The Kier molecular flexibility index (Phi) is 3.94. The van der Waals surface area contributed by atoms with Gasteiger partial charge in [0.05, 0.1) is 0 Å². The predicted octanol–water partition coefficient (Wildman–Crippen LogP) is 3.22. The van der Waals surface area contributed by atoms with E-state index in [9.17, 15) is 9.18 Å². The van der Waals surface area contributed by atoms with Crippen LogP contribution < -0.4 is 0 Å². The first-order valence-corrected chi connectivity index (χ1v) is 6.38. The van der Waals surface area contributed by atoms with Crippen molar-refractivity contribution in [3.63, 3.8) is 0 Å². The zero-order valence-electron chi connectivity index (χ0n) is 9.33. The Morgan fingerprint density at radius 1 is 1.35 bits per heavy atom. The summed E-state index contributed by atoms with van der Waals surface area (Å²) < 4.78 is 13.8. The van der Waals surface area contributed by atoms with Crippen LogP contribution in [-0.2, 0) is 4.79 Å². The summed E-state index contributed by atoms with van der Waals surface area (Å²) in [6, 6.07) is 4.41. The Morgan fingerprint density at radius 2 is 2.06 bits per heavy atom. The molecule has 1 amide bonds. The third-order valence-electron chi connectivity index (χ3n) is 2.78. The molecular weight excluding hydrogens is 285 g/mol. The molecule has 0 spiro atoms. The summed E-state index contributed by atoms with van der Waals surface area (Å²) in [6.45, 7) is 1.65. The third kappa shape index (κ3) is 3.16. The van der Waals surface area contributed by atoms with Crippen molar-refractivity contribution < 1.29 is 9.18 Å². The van der Waals surface area contributed by atoms with E-state index in [-0.39, 0.29) is 11.7 Å². The van der Waals surface area contributed by atoms with Crippen molar-refractivity contribution >= 4 is 27.9 Å². The van der Waals surface area contributed by atoms with Crippen LogP contribution in [0.3, 0.4) is 0 Å². The molecule has 1 saturated heterocycles. The lowest BCUT2D eigenvalue weighted by Crippen LogP contribution is -2.25. The zero-order valence-corrected chi connectivity index (χ0v) is 10.9. The molecule has 1 aliphatic heterocycles. The summed E-state index contributed by atoms with van der Waals surface area (Å²) in [5.41, 5.74) is 0.678. The van der Waals surface area contributed by atoms with E-state index in [1.807, 2.05) is 4.90 Å². The molecular formula is C13H13BrFNO. The van der Waals surface area contributed by atoms with Crippen LogP contribution in [0.4, 0.5) is 4.39 Å². The standard InChI is InChI=1S/C13H13BrFNO/c14-12-5-4-11(15)9-10(12)3-6-13(17)16-7-1-2-8-16/h3-6,9H,1-2,7-8H2/b6-3+. The lowest BCUT2D eigenvalue weighted by Gasteiger charge is -2.11. The van der Waals surface area contributed by atoms with Crippen molar-refractivity contribution in [3.8, 4) is 0 Å². The van der Waals surface area contributed by atoms with Gasteiger partial charge in [-0.05, 0) is 42.7 Å². The first kappa shape index (κ1) is 12.3. The van der Waals surface area contributed by atoms with Crippen LogP contribution in [0, 0.1) is 5.82 Å². The van der Waals surface area contributed by atoms with E-state index in [1.54, 1.807) is 12.1 Å². The second kappa shape index (κ2) is 5.45. The van der Waals surface area contributed by atoms with Crippen LogP contribution >= 0.6 is 15.9 Å². The molecule has 2 rings (SSSR count). The third-order valence-corrected chi connectivity index (χ3v) is 3.50. The Hall–Kier alpha value is -1.16. The number of carbonyl (C=O) groups excluding carboxylic acids is 1. The van der Waals surface area contributed by atoms with Crippen LogP contribution in [0.5, 0.6) is 0 Å². The van der Waals surface area contributed by atoms with Gasteiger partial charge >= 0.3 is 0 Å². The molecule has 0 atom stereocenters. The molecule has 0 aliphatic carbocycles. The molecule has 0 bridgehead atoms. The molecule has 90 valence electrons. The number of hydrogen-bond acceptors (Lipinski definition) is 1. The van der Waals surface area contributed by atoms with Crippen LogP contribution in [0.25, 0.3) is 6.08 Å². The van der Waals surface area contributed by atoms with E-state index >= 15 is 0 Å². The molecule has 1 aliphatic rings. The maximum absolute atomic E-state index is 13.0. The highest BCUT2D eigenvalue weighted by Gasteiger charge is 2.15. The number of amides is 1. The topological polar surface area (TPSA) is 20.3 Å². The summed E-state index contributed by atoms with van der Waals surface area (Å²) in [5, 5.41) is 0. The van der Waals surface area contributed by atoms with Crippen molar-refractivity contribution in [3.05, 3.63) is 40.1 Å². The van der Waals surface area contributed by atoms with Crippen molar-refractivity contribution in [2.75, 3.05) is 13.1 Å². The molecule has 0 radical (unpaired) electrons. The second-order valence-corrected chi connectivity index (χ2v) is 4.89. The minimum absolute atomic E-state index is 0.00124. The molecule has 17 heavy (non-hydrogen) atoms. The van der Waals surface area contributed by atoms with Crippen molar-refractivity contribution in [1.29, 1.82) is 0 Å². The van der Waals surface area contributed by atoms with Gasteiger partial charge in [0.2, 0.25) is 5.91 Å². The van der Waals surface area contributed by atoms with E-state index in [0.29, 0.717) is 5.56 Å². The normalized spacial score (nSPS) is 15.8. The summed E-state index contributed by atoms with van der Waals surface area (Å²) in [6.07, 6.45) is 5.30. The Morgan fingerprint density at radius 3 is 2.76 bits per heavy atom. The second-order valence-electron chi connectivity index (χ2n) is 4.03. The van der Waals surface area contributed by atoms with E-state index in [2.05, 4.69) is 15.9 Å². The van der Waals surface area contributed by atoms with Crippen LogP contribution in [0.1, 0.15) is 18.4 Å². The molecule has 4 heteroatoms. The molecule has 1 aromatic carbocycles. The summed E-state index contributed by atoms with van der Waals surface area (Å²) >= 11 is 3.32. The summed E-state index contributed by atoms with van der Waals surface area (Å²) in [5.74, 6) is -0.305. The zero-order chi connectivity index (χ0) is 12.3. The number of rotatable bonds is 2. The number of benzene rings is 1. The van der Waals surface area contributed by atoms with Gasteiger partial charge in [0, 0.05) is 23.6 Å². The number of hydrogen-bond donors (Lipinski definition) is 0. The van der Waals surface area contributed by atoms with E-state index in [1.165, 1.54) is 18.2 Å². The van der Waals surface area contributed by atoms with Gasteiger partial charge in [0.1, 0.15) is 5.82 Å². The minimum Gasteiger partial charge on any atom is -0.339 e. The van der Waals surface area contributed by atoms with Crippen molar-refractivity contribution in [1.82, 2.24) is 4.90 Å². The Labute approximate surface area is 108 Å². The summed E-state index contributed by atoms with van der Waals surface area (Å²) in [4.78, 5) is 13.6. The highest BCUT2D eigenvalue weighted by Crippen LogP contribution is 2.19. The summed E-state index contributed by atoms with van der Waals surface area (Å²) in [7, 11) is 0. The maximum Gasteiger partial charge on any atom is 0.246 e. The fourth-order valence-corrected chi connectivity index (χ4v) is 2.23. The number of likely N-dealkylation sites (tertiary alicyclic amines) is 1. The minimum atomic E-state index is -0.304. The lowest BCUT2D eigenvalue weighted by atomic mass is 10.2. The van der Waals surface area contributed by atoms with Gasteiger partial charge in [-0.3, -0.25) is 4.79 Å².